The van der Waals surface area contributed by atoms with E-state index in [1.807, 2.05) is 11.6 Å². The fourth-order valence-electron chi connectivity index (χ4n) is 5.37. The Labute approximate surface area is 176 Å². The summed E-state index contributed by atoms with van der Waals surface area (Å²) in [7, 11) is 0. The SMILES string of the molecule is Cc1cc(C)c2[nH]c(=O)c(C(c3nnnn3C3CCCCC3)N3CCCC3)cc2c1. The number of nitrogens with zero attached hydrogens (tertiary/aromatic N) is 5. The summed E-state index contributed by atoms with van der Waals surface area (Å²) in [6.45, 7) is 6.07. The lowest BCUT2D eigenvalue weighted by Crippen LogP contribution is -2.34. The van der Waals surface area contributed by atoms with Gasteiger partial charge in [-0.2, -0.15) is 0 Å². The molecule has 3 heterocycles. The maximum absolute atomic E-state index is 13.3. The van der Waals surface area contributed by atoms with Gasteiger partial charge in [0.15, 0.2) is 5.82 Å². The molecular formula is C23H30N6O. The van der Waals surface area contributed by atoms with E-state index in [4.69, 9.17) is 0 Å². The monoisotopic (exact) mass is 406 g/mol. The van der Waals surface area contributed by atoms with Gasteiger partial charge in [-0.1, -0.05) is 30.9 Å². The van der Waals surface area contributed by atoms with E-state index in [2.05, 4.69) is 50.5 Å². The number of rotatable bonds is 4. The first-order valence-corrected chi connectivity index (χ1v) is 11.3. The average Bonchev–Trinajstić information content (AvgIpc) is 3.43. The zero-order valence-corrected chi connectivity index (χ0v) is 17.9. The van der Waals surface area contributed by atoms with Crippen LogP contribution in [0.4, 0.5) is 0 Å². The molecular weight excluding hydrogens is 376 g/mol. The van der Waals surface area contributed by atoms with E-state index < -0.39 is 0 Å². The van der Waals surface area contributed by atoms with Gasteiger partial charge in [0, 0.05) is 5.56 Å². The highest BCUT2D eigenvalue weighted by Crippen LogP contribution is 2.34. The zero-order chi connectivity index (χ0) is 20.7. The second-order valence-corrected chi connectivity index (χ2v) is 9.02. The summed E-state index contributed by atoms with van der Waals surface area (Å²) >= 11 is 0. The van der Waals surface area contributed by atoms with Gasteiger partial charge in [-0.3, -0.25) is 9.69 Å². The first kappa shape index (κ1) is 19.4. The largest absolute Gasteiger partial charge is 0.321 e. The van der Waals surface area contributed by atoms with Gasteiger partial charge in [-0.05, 0) is 86.1 Å². The molecule has 1 aromatic carbocycles. The number of H-pyrrole nitrogens is 1. The Morgan fingerprint density at radius 1 is 1.03 bits per heavy atom. The third kappa shape index (κ3) is 3.45. The van der Waals surface area contributed by atoms with E-state index in [1.54, 1.807) is 0 Å². The van der Waals surface area contributed by atoms with Gasteiger partial charge >= 0.3 is 0 Å². The number of hydrogen-bond acceptors (Lipinski definition) is 5. The minimum Gasteiger partial charge on any atom is -0.321 e. The van der Waals surface area contributed by atoms with Crippen LogP contribution < -0.4 is 5.56 Å². The summed E-state index contributed by atoms with van der Waals surface area (Å²) in [6.07, 6.45) is 8.22. The number of tetrazole rings is 1. The van der Waals surface area contributed by atoms with Crippen LogP contribution in [0.2, 0.25) is 0 Å². The fourth-order valence-corrected chi connectivity index (χ4v) is 5.37. The van der Waals surface area contributed by atoms with Crippen LogP contribution in [-0.2, 0) is 0 Å². The lowest BCUT2D eigenvalue weighted by atomic mass is 9.95. The van der Waals surface area contributed by atoms with Gasteiger partial charge < -0.3 is 4.98 Å². The van der Waals surface area contributed by atoms with Crippen LogP contribution in [0.5, 0.6) is 0 Å². The summed E-state index contributed by atoms with van der Waals surface area (Å²) in [6, 6.07) is 6.44. The van der Waals surface area contributed by atoms with Crippen LogP contribution in [0.25, 0.3) is 10.9 Å². The predicted molar refractivity (Wildman–Crippen MR) is 117 cm³/mol. The number of hydrogen-bond donors (Lipinski definition) is 1. The van der Waals surface area contributed by atoms with Crippen LogP contribution in [0.1, 0.15) is 79.5 Å². The third-order valence-electron chi connectivity index (χ3n) is 6.81. The lowest BCUT2D eigenvalue weighted by molar-refractivity contribution is 0.243. The number of nitrogens with one attached hydrogen (secondary N) is 1. The predicted octanol–water partition coefficient (Wildman–Crippen LogP) is 3.82. The molecule has 1 atom stereocenters. The molecule has 5 rings (SSSR count). The Morgan fingerprint density at radius 3 is 2.57 bits per heavy atom. The molecule has 30 heavy (non-hydrogen) atoms. The number of pyridine rings is 1. The molecule has 1 unspecified atom stereocenters. The molecule has 2 aromatic heterocycles. The minimum absolute atomic E-state index is 0.0375. The maximum atomic E-state index is 13.3. The number of benzene rings is 1. The second kappa shape index (κ2) is 7.95. The van der Waals surface area contributed by atoms with Crippen molar-refractivity contribution < 1.29 is 0 Å². The smallest absolute Gasteiger partial charge is 0.253 e. The molecule has 1 N–H and O–H groups in total. The van der Waals surface area contributed by atoms with Gasteiger partial charge in [-0.25, -0.2) is 4.68 Å². The second-order valence-electron chi connectivity index (χ2n) is 9.02. The molecule has 0 spiro atoms. The Hall–Kier alpha value is -2.54. The molecule has 0 amide bonds. The van der Waals surface area contributed by atoms with Crippen molar-refractivity contribution in [2.45, 2.75) is 70.9 Å². The van der Waals surface area contributed by atoms with Crippen molar-refractivity contribution in [3.8, 4) is 0 Å². The fraction of sp³-hybridized carbons (Fsp3) is 0.565. The van der Waals surface area contributed by atoms with Gasteiger partial charge in [0.2, 0.25) is 0 Å². The quantitative estimate of drug-likeness (QED) is 0.712. The van der Waals surface area contributed by atoms with E-state index in [0.717, 1.165) is 66.6 Å². The highest BCUT2D eigenvalue weighted by Gasteiger charge is 2.34. The van der Waals surface area contributed by atoms with Crippen LogP contribution in [0, 0.1) is 13.8 Å². The molecule has 0 bridgehead atoms. The highest BCUT2D eigenvalue weighted by atomic mass is 16.1. The van der Waals surface area contributed by atoms with E-state index in [-0.39, 0.29) is 11.6 Å². The van der Waals surface area contributed by atoms with Crippen molar-refractivity contribution in [2.24, 2.45) is 0 Å². The van der Waals surface area contributed by atoms with Crippen molar-refractivity contribution in [3.05, 3.63) is 51.1 Å². The van der Waals surface area contributed by atoms with Crippen LogP contribution in [0.3, 0.4) is 0 Å². The topological polar surface area (TPSA) is 79.7 Å². The number of aromatic nitrogens is 5. The Morgan fingerprint density at radius 2 is 1.80 bits per heavy atom. The van der Waals surface area contributed by atoms with Crippen LogP contribution in [0.15, 0.2) is 23.0 Å². The molecule has 0 radical (unpaired) electrons. The van der Waals surface area contributed by atoms with Crippen LogP contribution in [-0.4, -0.2) is 43.2 Å². The van der Waals surface area contributed by atoms with Crippen molar-refractivity contribution in [1.82, 2.24) is 30.1 Å². The van der Waals surface area contributed by atoms with E-state index in [1.165, 1.54) is 24.8 Å². The lowest BCUT2D eigenvalue weighted by Gasteiger charge is -2.29. The molecule has 158 valence electrons. The summed E-state index contributed by atoms with van der Waals surface area (Å²) in [5.74, 6) is 0.818. The first-order chi connectivity index (χ1) is 14.6. The molecule has 1 aliphatic carbocycles. The molecule has 2 fully saturated rings. The Balaban J connectivity index is 1.66. The number of fused-ring (bicyclic) bond motifs is 1. The third-order valence-corrected chi connectivity index (χ3v) is 6.81. The molecule has 3 aromatic rings. The van der Waals surface area contributed by atoms with Crippen molar-refractivity contribution in [1.29, 1.82) is 0 Å². The number of likely N-dealkylation sites (tertiary alicyclic amines) is 1. The zero-order valence-electron chi connectivity index (χ0n) is 17.9. The summed E-state index contributed by atoms with van der Waals surface area (Å²) in [4.78, 5) is 18.8. The molecule has 7 heteroatoms. The van der Waals surface area contributed by atoms with Gasteiger partial charge in [0.25, 0.3) is 5.56 Å². The normalized spacial score (nSPS) is 19.5. The molecule has 1 saturated heterocycles. The first-order valence-electron chi connectivity index (χ1n) is 11.3. The Bertz CT molecular complexity index is 1100. The van der Waals surface area contributed by atoms with Crippen molar-refractivity contribution >= 4 is 10.9 Å². The summed E-state index contributed by atoms with van der Waals surface area (Å²) in [5, 5.41) is 14.0. The van der Waals surface area contributed by atoms with E-state index in [0.29, 0.717) is 6.04 Å². The molecule has 1 aliphatic heterocycles. The van der Waals surface area contributed by atoms with E-state index in [9.17, 15) is 4.79 Å². The summed E-state index contributed by atoms with van der Waals surface area (Å²) in [5.41, 5.74) is 3.92. The van der Waals surface area contributed by atoms with Crippen molar-refractivity contribution in [3.63, 3.8) is 0 Å². The average molecular weight is 407 g/mol. The van der Waals surface area contributed by atoms with Crippen LogP contribution >= 0.6 is 0 Å². The number of aryl methyl sites for hydroxylation is 2. The van der Waals surface area contributed by atoms with Gasteiger partial charge in [0.1, 0.15) is 6.04 Å². The van der Waals surface area contributed by atoms with E-state index >= 15 is 0 Å². The van der Waals surface area contributed by atoms with Gasteiger partial charge in [-0.15, -0.1) is 5.10 Å². The number of aromatic amines is 1. The molecule has 2 aliphatic rings. The van der Waals surface area contributed by atoms with Crippen molar-refractivity contribution in [2.75, 3.05) is 13.1 Å². The van der Waals surface area contributed by atoms with Gasteiger partial charge in [0.05, 0.1) is 11.6 Å². The highest BCUT2D eigenvalue weighted by molar-refractivity contribution is 5.83. The molecule has 7 nitrogen and oxygen atoms in total. The minimum atomic E-state index is -0.210. The summed E-state index contributed by atoms with van der Waals surface area (Å²) < 4.78 is 2.02. The standard InChI is InChI=1S/C23H30N6O/c1-15-12-16(2)20-17(13-15)14-19(23(30)24-20)21(28-10-6-7-11-28)22-25-26-27-29(22)18-8-4-3-5-9-18/h12-14,18,21H,3-11H2,1-2H3,(H,24,30). The Kier molecular flexibility index (Phi) is 5.15. The molecule has 1 saturated carbocycles. The maximum Gasteiger partial charge on any atom is 0.253 e.